The summed E-state index contributed by atoms with van der Waals surface area (Å²) in [7, 11) is -5.36. The van der Waals surface area contributed by atoms with Crippen molar-refractivity contribution in [1.29, 1.82) is 0 Å². The molecule has 4 aromatic rings. The van der Waals surface area contributed by atoms with Gasteiger partial charge in [0.05, 0.1) is 26.4 Å². The Balaban J connectivity index is 2.24. The third kappa shape index (κ3) is 14.7. The molecule has 0 unspecified atom stereocenters. The van der Waals surface area contributed by atoms with E-state index in [9.17, 15) is 0 Å². The standard InChI is InChI=1S/C56H86O5Si2/c1-17-21-33-57-41-25-29-45(53(5,6)7)49(37-41)62(50-38-42(58-34-22-18-2)26-30-46(50)54(8,9)10)61-63(51-39-43(59-35-23-19-3)27-31-47(51)55(11,12)13)52-40-44(60-36-24-20-4)28-32-48(52)56(14,15)16/h25-32,37-40,62-63H,17-24,33-36H2,1-16H3. The minimum absolute atomic E-state index is 0.159. The van der Waals surface area contributed by atoms with E-state index >= 15 is 0 Å². The van der Waals surface area contributed by atoms with Gasteiger partial charge in [-0.15, -0.1) is 0 Å². The van der Waals surface area contributed by atoms with Gasteiger partial charge in [-0.25, -0.2) is 0 Å². The first-order valence-electron chi connectivity index (χ1n) is 24.4. The summed E-state index contributed by atoms with van der Waals surface area (Å²) in [5.74, 6) is 3.62. The highest BCUT2D eigenvalue weighted by atomic mass is 28.4. The quantitative estimate of drug-likeness (QED) is 0.0581. The first kappa shape index (κ1) is 52.1. The molecular weight excluding hydrogens is 809 g/mol. The van der Waals surface area contributed by atoms with Crippen LogP contribution in [0.2, 0.25) is 0 Å². The predicted octanol–water partition coefficient (Wildman–Crippen LogP) is 12.0. The Kier molecular flexibility index (Phi) is 19.1. The van der Waals surface area contributed by atoms with Crippen LogP contribution in [0, 0.1) is 0 Å². The van der Waals surface area contributed by atoms with E-state index in [1.165, 1.54) is 43.0 Å². The van der Waals surface area contributed by atoms with Crippen LogP contribution in [0.4, 0.5) is 0 Å². The highest BCUT2D eigenvalue weighted by molar-refractivity contribution is 6.92. The van der Waals surface area contributed by atoms with Gasteiger partial charge in [0.2, 0.25) is 18.1 Å². The van der Waals surface area contributed by atoms with Crippen LogP contribution in [0.5, 0.6) is 23.0 Å². The zero-order valence-corrected chi connectivity index (χ0v) is 44.9. The average Bonchev–Trinajstić information content (AvgIpc) is 3.20. The highest BCUT2D eigenvalue weighted by Gasteiger charge is 2.38. The van der Waals surface area contributed by atoms with Gasteiger partial charge in [0.1, 0.15) is 23.0 Å². The summed E-state index contributed by atoms with van der Waals surface area (Å²) in [5.41, 5.74) is 4.56. The lowest BCUT2D eigenvalue weighted by Crippen LogP contribution is -2.60. The molecule has 0 saturated carbocycles. The van der Waals surface area contributed by atoms with Crippen LogP contribution in [0.25, 0.3) is 0 Å². The number of hydrogen-bond donors (Lipinski definition) is 0. The van der Waals surface area contributed by atoms with Crippen molar-refractivity contribution < 1.29 is 23.1 Å². The van der Waals surface area contributed by atoms with Crippen LogP contribution in [0.15, 0.2) is 72.8 Å². The Morgan fingerprint density at radius 2 is 0.540 bits per heavy atom. The smallest absolute Gasteiger partial charge is 0.229 e. The van der Waals surface area contributed by atoms with E-state index in [0.29, 0.717) is 26.4 Å². The molecule has 0 aliphatic heterocycles. The number of hydrogen-bond acceptors (Lipinski definition) is 5. The Morgan fingerprint density at radius 3 is 0.714 bits per heavy atom. The lowest BCUT2D eigenvalue weighted by Gasteiger charge is -2.36. The Labute approximate surface area is 388 Å². The SMILES string of the molecule is CCCCOc1ccc(C(C)(C)C)c([SiH](O[SiH](c2cc(OCCCC)ccc2C(C)(C)C)c2cc(OCCCC)ccc2C(C)(C)C)c2cc(OCCCC)ccc2C(C)(C)C)c1. The molecule has 0 fully saturated rings. The Bertz CT molecular complexity index is 1740. The van der Waals surface area contributed by atoms with Gasteiger partial charge < -0.3 is 23.1 Å². The zero-order valence-electron chi connectivity index (χ0n) is 42.6. The maximum atomic E-state index is 8.52. The Hall–Kier alpha value is -3.53. The molecule has 0 spiro atoms. The normalized spacial score (nSPS) is 12.6. The van der Waals surface area contributed by atoms with Crippen molar-refractivity contribution in [3.05, 3.63) is 95.1 Å². The largest absolute Gasteiger partial charge is 0.494 e. The Morgan fingerprint density at radius 1 is 0.333 bits per heavy atom. The average molecular weight is 895 g/mol. The monoisotopic (exact) mass is 895 g/mol. The van der Waals surface area contributed by atoms with Crippen LogP contribution in [-0.4, -0.2) is 44.5 Å². The molecule has 63 heavy (non-hydrogen) atoms. The fourth-order valence-electron chi connectivity index (χ4n) is 8.22. The molecule has 0 bridgehead atoms. The third-order valence-electron chi connectivity index (χ3n) is 11.8. The van der Waals surface area contributed by atoms with Crippen molar-refractivity contribution >= 4 is 38.8 Å². The van der Waals surface area contributed by atoms with Crippen molar-refractivity contribution in [2.45, 2.75) is 184 Å². The second kappa shape index (κ2) is 23.1. The first-order chi connectivity index (χ1) is 29.6. The van der Waals surface area contributed by atoms with E-state index in [-0.39, 0.29) is 21.7 Å². The number of unbranched alkanes of at least 4 members (excludes halogenated alkanes) is 4. The van der Waals surface area contributed by atoms with Crippen molar-refractivity contribution in [1.82, 2.24) is 0 Å². The van der Waals surface area contributed by atoms with Gasteiger partial charge in [-0.05, 0) is 139 Å². The maximum absolute atomic E-state index is 8.52. The molecule has 0 amide bonds. The lowest BCUT2D eigenvalue weighted by molar-refractivity contribution is 0.309. The minimum atomic E-state index is -2.68. The molecule has 348 valence electrons. The molecule has 0 heterocycles. The van der Waals surface area contributed by atoms with Crippen LogP contribution in [-0.2, 0) is 25.8 Å². The van der Waals surface area contributed by atoms with E-state index in [2.05, 4.69) is 184 Å². The van der Waals surface area contributed by atoms with Crippen LogP contribution >= 0.6 is 0 Å². The van der Waals surface area contributed by atoms with E-state index in [0.717, 1.165) is 74.4 Å². The first-order valence-corrected chi connectivity index (χ1v) is 27.6. The second-order valence-corrected chi connectivity index (χ2v) is 26.8. The van der Waals surface area contributed by atoms with Gasteiger partial charge in [0.25, 0.3) is 0 Å². The summed E-state index contributed by atoms with van der Waals surface area (Å²) in [6.07, 6.45) is 8.34. The molecule has 0 aliphatic rings. The molecule has 0 aliphatic carbocycles. The van der Waals surface area contributed by atoms with Crippen molar-refractivity contribution in [3.8, 4) is 23.0 Å². The molecule has 4 aromatic carbocycles. The lowest BCUT2D eigenvalue weighted by atomic mass is 9.86. The number of benzene rings is 4. The molecule has 0 radical (unpaired) electrons. The number of rotatable bonds is 22. The summed E-state index contributed by atoms with van der Waals surface area (Å²) >= 11 is 0. The van der Waals surface area contributed by atoms with Gasteiger partial charge in [0, 0.05) is 0 Å². The van der Waals surface area contributed by atoms with Gasteiger partial charge in [-0.3, -0.25) is 0 Å². The summed E-state index contributed by atoms with van der Waals surface area (Å²) in [6, 6.07) is 27.4. The summed E-state index contributed by atoms with van der Waals surface area (Å²) < 4.78 is 34.8. The third-order valence-corrected chi connectivity index (χ3v) is 18.1. The molecule has 0 saturated heterocycles. The van der Waals surface area contributed by atoms with Crippen molar-refractivity contribution in [2.24, 2.45) is 0 Å². The van der Waals surface area contributed by atoms with Gasteiger partial charge in [-0.1, -0.05) is 161 Å². The molecule has 7 heteroatoms. The van der Waals surface area contributed by atoms with Gasteiger partial charge in [-0.2, -0.15) is 0 Å². The minimum Gasteiger partial charge on any atom is -0.494 e. The molecule has 0 N–H and O–H groups in total. The topological polar surface area (TPSA) is 46.2 Å². The van der Waals surface area contributed by atoms with E-state index in [1.54, 1.807) is 0 Å². The van der Waals surface area contributed by atoms with E-state index in [1.807, 2.05) is 0 Å². The van der Waals surface area contributed by atoms with Gasteiger partial charge >= 0.3 is 0 Å². The molecular formula is C56H86O5Si2. The zero-order chi connectivity index (χ0) is 46.6. The van der Waals surface area contributed by atoms with Gasteiger partial charge in [0.15, 0.2) is 0 Å². The number of ether oxygens (including phenoxy) is 4. The second-order valence-electron chi connectivity index (χ2n) is 21.7. The maximum Gasteiger partial charge on any atom is 0.229 e. The van der Waals surface area contributed by atoms with Crippen molar-refractivity contribution in [2.75, 3.05) is 26.4 Å². The van der Waals surface area contributed by atoms with Crippen LogP contribution in [0.1, 0.15) is 184 Å². The molecule has 0 aromatic heterocycles. The van der Waals surface area contributed by atoms with Crippen LogP contribution in [0.3, 0.4) is 0 Å². The molecule has 4 rings (SSSR count). The summed E-state index contributed by atoms with van der Waals surface area (Å²) in [6.45, 7) is 39.6. The summed E-state index contributed by atoms with van der Waals surface area (Å²) in [5, 5.41) is 5.08. The predicted molar refractivity (Wildman–Crippen MR) is 276 cm³/mol. The van der Waals surface area contributed by atoms with E-state index in [4.69, 9.17) is 23.1 Å². The van der Waals surface area contributed by atoms with Crippen molar-refractivity contribution in [3.63, 3.8) is 0 Å². The van der Waals surface area contributed by atoms with E-state index < -0.39 is 18.1 Å². The molecule has 0 atom stereocenters. The summed E-state index contributed by atoms with van der Waals surface area (Å²) in [4.78, 5) is 0. The fourth-order valence-corrected chi connectivity index (χ4v) is 16.8. The van der Waals surface area contributed by atoms with Crippen LogP contribution < -0.4 is 39.7 Å². The highest BCUT2D eigenvalue weighted by Crippen LogP contribution is 2.31. The fraction of sp³-hybridized carbons (Fsp3) is 0.571. The molecule has 5 nitrogen and oxygen atoms in total.